The van der Waals surface area contributed by atoms with Gasteiger partial charge in [0.05, 0.1) is 0 Å². The van der Waals surface area contributed by atoms with E-state index in [9.17, 15) is 0 Å². The Balaban J connectivity index is 1.88. The number of furan rings is 1. The zero-order valence-electron chi connectivity index (χ0n) is 11.2. The summed E-state index contributed by atoms with van der Waals surface area (Å²) in [7, 11) is 0. The molecule has 0 N–H and O–H groups in total. The van der Waals surface area contributed by atoms with Gasteiger partial charge < -0.3 is 4.42 Å². The standard InChI is InChI=1S/C19H11BrO/c20-12-5-6-13-11(9-12)10-17-14(13)7-8-16-15-3-1-2-4-18(15)21-19(16)17/h1-9H,10H2. The molecule has 2 heteroatoms. The second kappa shape index (κ2) is 3.99. The number of halogens is 1. The normalized spacial score (nSPS) is 12.8. The van der Waals surface area contributed by atoms with E-state index in [4.69, 9.17) is 4.42 Å². The minimum atomic E-state index is 0.946. The van der Waals surface area contributed by atoms with Crippen LogP contribution in [0.5, 0.6) is 0 Å². The summed E-state index contributed by atoms with van der Waals surface area (Å²) in [5, 5.41) is 2.42. The number of benzene rings is 3. The first-order chi connectivity index (χ1) is 10.3. The van der Waals surface area contributed by atoms with Crippen LogP contribution >= 0.6 is 15.9 Å². The molecule has 1 aromatic heterocycles. The van der Waals surface area contributed by atoms with Crippen LogP contribution in [0.25, 0.3) is 33.1 Å². The van der Waals surface area contributed by atoms with Gasteiger partial charge in [0, 0.05) is 27.2 Å². The second-order valence-corrected chi connectivity index (χ2v) is 6.46. The van der Waals surface area contributed by atoms with E-state index in [2.05, 4.69) is 58.4 Å². The highest BCUT2D eigenvalue weighted by Crippen LogP contribution is 2.43. The highest BCUT2D eigenvalue weighted by atomic mass is 79.9. The zero-order chi connectivity index (χ0) is 14.0. The largest absolute Gasteiger partial charge is 0.456 e. The van der Waals surface area contributed by atoms with Crippen molar-refractivity contribution in [1.29, 1.82) is 0 Å². The van der Waals surface area contributed by atoms with Crippen LogP contribution in [0.4, 0.5) is 0 Å². The maximum absolute atomic E-state index is 6.15. The molecule has 0 saturated heterocycles. The molecular formula is C19H11BrO. The predicted octanol–water partition coefficient (Wildman–Crippen LogP) is 5.92. The molecule has 4 aromatic rings. The fraction of sp³-hybridized carbons (Fsp3) is 0.0526. The van der Waals surface area contributed by atoms with Crippen molar-refractivity contribution in [2.75, 3.05) is 0 Å². The third-order valence-corrected chi connectivity index (χ3v) is 4.87. The highest BCUT2D eigenvalue weighted by Gasteiger charge is 2.23. The van der Waals surface area contributed by atoms with E-state index in [1.165, 1.54) is 33.0 Å². The Morgan fingerprint density at radius 2 is 1.71 bits per heavy atom. The molecule has 0 atom stereocenters. The van der Waals surface area contributed by atoms with Crippen LogP contribution in [0.15, 0.2) is 63.5 Å². The molecule has 1 nitrogen and oxygen atoms in total. The van der Waals surface area contributed by atoms with E-state index in [1.54, 1.807) is 0 Å². The molecular weight excluding hydrogens is 324 g/mol. The molecule has 100 valence electrons. The Kier molecular flexibility index (Phi) is 2.20. The fourth-order valence-electron chi connectivity index (χ4n) is 3.43. The molecule has 3 aromatic carbocycles. The smallest absolute Gasteiger partial charge is 0.139 e. The van der Waals surface area contributed by atoms with Crippen LogP contribution in [0.1, 0.15) is 11.1 Å². The van der Waals surface area contributed by atoms with Crippen molar-refractivity contribution in [2.24, 2.45) is 0 Å². The van der Waals surface area contributed by atoms with Crippen molar-refractivity contribution in [3.8, 4) is 11.1 Å². The minimum absolute atomic E-state index is 0.946. The van der Waals surface area contributed by atoms with Gasteiger partial charge in [-0.3, -0.25) is 0 Å². The maximum Gasteiger partial charge on any atom is 0.139 e. The number of para-hydroxylation sites is 1. The third-order valence-electron chi connectivity index (χ3n) is 4.37. The van der Waals surface area contributed by atoms with Gasteiger partial charge in [-0.15, -0.1) is 0 Å². The average Bonchev–Trinajstić information content (AvgIpc) is 3.04. The van der Waals surface area contributed by atoms with Crippen molar-refractivity contribution in [1.82, 2.24) is 0 Å². The van der Waals surface area contributed by atoms with Crippen LogP contribution in [0.3, 0.4) is 0 Å². The highest BCUT2D eigenvalue weighted by molar-refractivity contribution is 9.10. The number of hydrogen-bond acceptors (Lipinski definition) is 1. The third kappa shape index (κ3) is 1.51. The molecule has 0 saturated carbocycles. The van der Waals surface area contributed by atoms with Gasteiger partial charge >= 0.3 is 0 Å². The molecule has 0 aliphatic heterocycles. The van der Waals surface area contributed by atoms with Gasteiger partial charge in [-0.2, -0.15) is 0 Å². The van der Waals surface area contributed by atoms with Crippen molar-refractivity contribution in [3.63, 3.8) is 0 Å². The van der Waals surface area contributed by atoms with Gasteiger partial charge in [0.25, 0.3) is 0 Å². The molecule has 1 heterocycles. The van der Waals surface area contributed by atoms with Crippen LogP contribution in [-0.2, 0) is 6.42 Å². The number of fused-ring (bicyclic) bond motifs is 7. The Hall–Kier alpha value is -2.06. The van der Waals surface area contributed by atoms with Crippen LogP contribution in [-0.4, -0.2) is 0 Å². The summed E-state index contributed by atoms with van der Waals surface area (Å²) >= 11 is 3.56. The predicted molar refractivity (Wildman–Crippen MR) is 89.7 cm³/mol. The molecule has 1 aliphatic rings. The first-order valence-corrected chi connectivity index (χ1v) is 7.82. The van der Waals surface area contributed by atoms with E-state index >= 15 is 0 Å². The van der Waals surface area contributed by atoms with E-state index in [1.807, 2.05) is 12.1 Å². The number of hydrogen-bond donors (Lipinski definition) is 0. The summed E-state index contributed by atoms with van der Waals surface area (Å²) in [6.45, 7) is 0. The minimum Gasteiger partial charge on any atom is -0.456 e. The van der Waals surface area contributed by atoms with Crippen LogP contribution in [0, 0.1) is 0 Å². The quantitative estimate of drug-likeness (QED) is 0.342. The first-order valence-electron chi connectivity index (χ1n) is 7.03. The average molecular weight is 335 g/mol. The fourth-order valence-corrected chi connectivity index (χ4v) is 3.84. The van der Waals surface area contributed by atoms with Crippen molar-refractivity contribution >= 4 is 37.9 Å². The van der Waals surface area contributed by atoms with Crippen molar-refractivity contribution in [3.05, 3.63) is 70.2 Å². The molecule has 0 radical (unpaired) electrons. The summed E-state index contributed by atoms with van der Waals surface area (Å²) in [6.07, 6.45) is 0.946. The lowest BCUT2D eigenvalue weighted by Crippen LogP contribution is -1.81. The Morgan fingerprint density at radius 1 is 0.857 bits per heavy atom. The van der Waals surface area contributed by atoms with Crippen LogP contribution < -0.4 is 0 Å². The van der Waals surface area contributed by atoms with E-state index < -0.39 is 0 Å². The summed E-state index contributed by atoms with van der Waals surface area (Å²) in [5.41, 5.74) is 7.34. The lowest BCUT2D eigenvalue weighted by Gasteiger charge is -2.01. The lowest BCUT2D eigenvalue weighted by atomic mass is 10.0. The Bertz CT molecular complexity index is 1030. The molecule has 21 heavy (non-hydrogen) atoms. The van der Waals surface area contributed by atoms with Crippen molar-refractivity contribution in [2.45, 2.75) is 6.42 Å². The molecule has 5 rings (SSSR count). The topological polar surface area (TPSA) is 13.1 Å². The second-order valence-electron chi connectivity index (χ2n) is 5.54. The van der Waals surface area contributed by atoms with E-state index in [0.717, 1.165) is 22.1 Å². The molecule has 0 unspecified atom stereocenters. The Labute approximate surface area is 130 Å². The Morgan fingerprint density at radius 3 is 2.67 bits per heavy atom. The summed E-state index contributed by atoms with van der Waals surface area (Å²) < 4.78 is 7.28. The lowest BCUT2D eigenvalue weighted by molar-refractivity contribution is 0.665. The van der Waals surface area contributed by atoms with E-state index in [0.29, 0.717) is 0 Å². The summed E-state index contributed by atoms with van der Waals surface area (Å²) in [6, 6.07) is 19.2. The monoisotopic (exact) mass is 334 g/mol. The van der Waals surface area contributed by atoms with Gasteiger partial charge in [-0.05, 0) is 41.0 Å². The van der Waals surface area contributed by atoms with Gasteiger partial charge in [0.2, 0.25) is 0 Å². The van der Waals surface area contributed by atoms with Gasteiger partial charge in [-0.1, -0.05) is 46.3 Å². The SMILES string of the molecule is Brc1ccc2c(c1)Cc1c-2ccc2c1oc1ccccc12. The molecule has 0 bridgehead atoms. The zero-order valence-corrected chi connectivity index (χ0v) is 12.8. The molecule has 0 amide bonds. The summed E-state index contributed by atoms with van der Waals surface area (Å²) in [5.74, 6) is 0. The molecule has 0 spiro atoms. The molecule has 0 fully saturated rings. The van der Waals surface area contributed by atoms with Gasteiger partial charge in [0.1, 0.15) is 11.2 Å². The maximum atomic E-state index is 6.15. The van der Waals surface area contributed by atoms with Gasteiger partial charge in [0.15, 0.2) is 0 Å². The molecule has 1 aliphatic carbocycles. The number of rotatable bonds is 0. The van der Waals surface area contributed by atoms with Crippen molar-refractivity contribution < 1.29 is 4.42 Å². The van der Waals surface area contributed by atoms with Gasteiger partial charge in [-0.25, -0.2) is 0 Å². The summed E-state index contributed by atoms with van der Waals surface area (Å²) in [4.78, 5) is 0. The van der Waals surface area contributed by atoms with E-state index in [-0.39, 0.29) is 0 Å². The first kappa shape index (κ1) is 11.6. The van der Waals surface area contributed by atoms with Crippen LogP contribution in [0.2, 0.25) is 0 Å².